The monoisotopic (exact) mass is 492 g/mol. The second-order valence-electron chi connectivity index (χ2n) is 11.1. The van der Waals surface area contributed by atoms with Crippen LogP contribution in [0.1, 0.15) is 54.1 Å². The Kier molecular flexibility index (Phi) is 4.20. The minimum atomic E-state index is -0.313. The summed E-state index contributed by atoms with van der Waals surface area (Å²) in [6, 6.07) is 16.6. The highest BCUT2D eigenvalue weighted by atomic mass is 16.3. The van der Waals surface area contributed by atoms with Gasteiger partial charge in [-0.2, -0.15) is 10.1 Å². The van der Waals surface area contributed by atoms with Gasteiger partial charge in [-0.05, 0) is 54.7 Å². The Balaban J connectivity index is 1.10. The Morgan fingerprint density at radius 1 is 1.03 bits per heavy atom. The molecular weight excluding hydrogens is 464 g/mol. The van der Waals surface area contributed by atoms with Crippen molar-refractivity contribution in [3.8, 4) is 0 Å². The summed E-state index contributed by atoms with van der Waals surface area (Å²) in [6.07, 6.45) is 6.63. The van der Waals surface area contributed by atoms with E-state index in [1.807, 2.05) is 24.5 Å². The second kappa shape index (κ2) is 7.32. The van der Waals surface area contributed by atoms with Gasteiger partial charge in [-0.15, -0.1) is 0 Å². The number of aromatic amines is 2. The minimum absolute atomic E-state index is 0.0595. The largest absolute Gasteiger partial charge is 0.464 e. The van der Waals surface area contributed by atoms with Gasteiger partial charge < -0.3 is 15.1 Å². The van der Waals surface area contributed by atoms with E-state index in [0.29, 0.717) is 17.0 Å². The molecule has 37 heavy (non-hydrogen) atoms. The third-order valence-electron chi connectivity index (χ3n) is 9.27. The number of piperidine rings is 1. The molecule has 1 saturated heterocycles. The highest BCUT2D eigenvalue weighted by Gasteiger charge is 2.51. The van der Waals surface area contributed by atoms with Gasteiger partial charge in [-0.25, -0.2) is 0 Å². The Labute approximate surface area is 212 Å². The molecule has 2 fully saturated rings. The van der Waals surface area contributed by atoms with Crippen molar-refractivity contribution in [3.05, 3.63) is 87.5 Å². The first-order chi connectivity index (χ1) is 18.1. The van der Waals surface area contributed by atoms with E-state index < -0.39 is 0 Å². The maximum atomic E-state index is 13.5. The van der Waals surface area contributed by atoms with E-state index >= 15 is 0 Å². The Hall–Kier alpha value is -3.91. The van der Waals surface area contributed by atoms with Crippen molar-refractivity contribution in [2.75, 3.05) is 18.0 Å². The molecule has 1 saturated carbocycles. The summed E-state index contributed by atoms with van der Waals surface area (Å²) in [4.78, 5) is 23.6. The summed E-state index contributed by atoms with van der Waals surface area (Å²) in [7, 11) is 0. The number of nitrogens with zero attached hydrogens (tertiary/aromatic N) is 3. The zero-order valence-electron chi connectivity index (χ0n) is 20.5. The highest BCUT2D eigenvalue weighted by molar-refractivity contribution is 5.87. The van der Waals surface area contributed by atoms with Crippen LogP contribution >= 0.6 is 0 Å². The molecule has 8 heteroatoms. The van der Waals surface area contributed by atoms with E-state index in [1.54, 1.807) is 0 Å². The summed E-state index contributed by atoms with van der Waals surface area (Å²) in [5, 5.41) is 9.34. The van der Waals surface area contributed by atoms with Crippen LogP contribution < -0.4 is 16.2 Å². The van der Waals surface area contributed by atoms with E-state index in [1.165, 1.54) is 11.1 Å². The lowest BCUT2D eigenvalue weighted by Gasteiger charge is -2.42. The number of nitrogens with one attached hydrogen (secondary N) is 2. The van der Waals surface area contributed by atoms with Crippen LogP contribution in [-0.4, -0.2) is 33.3 Å². The molecule has 5 aromatic rings. The van der Waals surface area contributed by atoms with Crippen molar-refractivity contribution >= 4 is 28.0 Å². The first-order valence-electron chi connectivity index (χ1n) is 13.1. The predicted octanol–water partition coefficient (Wildman–Crippen LogP) is 4.32. The minimum Gasteiger partial charge on any atom is -0.464 e. The van der Waals surface area contributed by atoms with Crippen LogP contribution in [0.5, 0.6) is 0 Å². The van der Waals surface area contributed by atoms with Crippen LogP contribution in [-0.2, 0) is 11.8 Å². The SMILES string of the molecule is N[C@@H]1c2ccccc2CC12CCN(c1nc3[nH]nc(C4(c5coc6ccccc56)CC4)c3c(=O)[nH]1)CC2. The van der Waals surface area contributed by atoms with Gasteiger partial charge in [0.1, 0.15) is 11.0 Å². The molecule has 0 radical (unpaired) electrons. The van der Waals surface area contributed by atoms with E-state index in [4.69, 9.17) is 15.1 Å². The summed E-state index contributed by atoms with van der Waals surface area (Å²) >= 11 is 0. The third-order valence-corrected chi connectivity index (χ3v) is 9.27. The number of hydrogen-bond acceptors (Lipinski definition) is 6. The average Bonchev–Trinajstić information content (AvgIpc) is 3.28. The molecule has 4 heterocycles. The normalized spacial score (nSPS) is 21.6. The molecule has 0 amide bonds. The van der Waals surface area contributed by atoms with Gasteiger partial charge >= 0.3 is 0 Å². The molecule has 186 valence electrons. The standard InChI is InChI=1S/C29H28N6O2/c30-23-18-6-2-1-5-17(18)15-28(23)11-13-35(14-12-28)27-31-25-22(26(36)32-27)24(33-34-25)29(9-10-29)20-16-37-21-8-4-3-7-19(20)21/h1-8,16,23H,9-15,30H2,(H2,31,32,33,34,36)/t23-/m1/s1. The van der Waals surface area contributed by atoms with E-state index in [9.17, 15) is 4.79 Å². The number of hydrogen-bond donors (Lipinski definition) is 3. The van der Waals surface area contributed by atoms with Crippen molar-refractivity contribution in [1.29, 1.82) is 0 Å². The maximum Gasteiger partial charge on any atom is 0.263 e. The van der Waals surface area contributed by atoms with E-state index in [0.717, 1.165) is 67.4 Å². The molecule has 1 spiro atoms. The topological polar surface area (TPSA) is 117 Å². The predicted molar refractivity (Wildman–Crippen MR) is 142 cm³/mol. The van der Waals surface area contributed by atoms with Crippen LogP contribution in [0.15, 0.2) is 64.0 Å². The third kappa shape index (κ3) is 2.90. The summed E-state index contributed by atoms with van der Waals surface area (Å²) in [5.41, 5.74) is 12.3. The molecule has 1 atom stereocenters. The van der Waals surface area contributed by atoms with Crippen LogP contribution in [0.25, 0.3) is 22.0 Å². The molecule has 0 bridgehead atoms. The van der Waals surface area contributed by atoms with Crippen LogP contribution in [0.4, 0.5) is 5.95 Å². The van der Waals surface area contributed by atoms with Gasteiger partial charge in [0.25, 0.3) is 5.56 Å². The number of fused-ring (bicyclic) bond motifs is 3. The van der Waals surface area contributed by atoms with Gasteiger partial charge in [0.15, 0.2) is 5.65 Å². The first kappa shape index (κ1) is 21.2. The fourth-order valence-corrected chi connectivity index (χ4v) is 7.00. The smallest absolute Gasteiger partial charge is 0.263 e. The molecule has 8 nitrogen and oxygen atoms in total. The number of benzene rings is 2. The second-order valence-corrected chi connectivity index (χ2v) is 11.1. The molecule has 8 rings (SSSR count). The molecule has 3 aromatic heterocycles. The lowest BCUT2D eigenvalue weighted by Crippen LogP contribution is -2.45. The van der Waals surface area contributed by atoms with Gasteiger partial charge in [0, 0.05) is 35.5 Å². The van der Waals surface area contributed by atoms with Gasteiger partial charge in [0.2, 0.25) is 5.95 Å². The van der Waals surface area contributed by atoms with Crippen LogP contribution in [0.2, 0.25) is 0 Å². The summed E-state index contributed by atoms with van der Waals surface area (Å²) < 4.78 is 5.83. The van der Waals surface area contributed by atoms with E-state index in [2.05, 4.69) is 50.4 Å². The Bertz CT molecular complexity index is 1730. The number of aromatic nitrogens is 4. The molecule has 3 aliphatic rings. The average molecular weight is 493 g/mol. The van der Waals surface area contributed by atoms with Crippen LogP contribution in [0.3, 0.4) is 0 Å². The van der Waals surface area contributed by atoms with Gasteiger partial charge in [-0.1, -0.05) is 42.5 Å². The molecule has 4 N–H and O–H groups in total. The number of furan rings is 1. The number of anilines is 1. The molecule has 2 aliphatic carbocycles. The molecule has 2 aromatic carbocycles. The summed E-state index contributed by atoms with van der Waals surface area (Å²) in [5.74, 6) is 0.602. The Morgan fingerprint density at radius 2 is 1.81 bits per heavy atom. The van der Waals surface area contributed by atoms with Crippen molar-refractivity contribution in [2.24, 2.45) is 11.1 Å². The number of H-pyrrole nitrogens is 2. The van der Waals surface area contributed by atoms with Crippen molar-refractivity contribution in [3.63, 3.8) is 0 Å². The fourth-order valence-electron chi connectivity index (χ4n) is 7.00. The number of para-hydroxylation sites is 1. The van der Waals surface area contributed by atoms with Crippen molar-refractivity contribution in [2.45, 2.75) is 43.6 Å². The molecule has 0 unspecified atom stereocenters. The molecule has 1 aliphatic heterocycles. The maximum absolute atomic E-state index is 13.5. The Morgan fingerprint density at radius 3 is 2.62 bits per heavy atom. The zero-order chi connectivity index (χ0) is 24.8. The fraction of sp³-hybridized carbons (Fsp3) is 0.345. The van der Waals surface area contributed by atoms with Crippen molar-refractivity contribution in [1.82, 2.24) is 20.2 Å². The van der Waals surface area contributed by atoms with Crippen molar-refractivity contribution < 1.29 is 4.42 Å². The first-order valence-corrected chi connectivity index (χ1v) is 13.1. The van der Waals surface area contributed by atoms with Gasteiger partial charge in [0.05, 0.1) is 12.0 Å². The van der Waals surface area contributed by atoms with Gasteiger partial charge in [-0.3, -0.25) is 14.9 Å². The number of nitrogens with two attached hydrogens (primary N) is 1. The highest BCUT2D eigenvalue weighted by Crippen LogP contribution is 2.56. The zero-order valence-corrected chi connectivity index (χ0v) is 20.5. The number of rotatable bonds is 3. The van der Waals surface area contributed by atoms with E-state index in [-0.39, 0.29) is 22.4 Å². The lowest BCUT2D eigenvalue weighted by molar-refractivity contribution is 0.187. The quantitative estimate of drug-likeness (QED) is 0.345. The van der Waals surface area contributed by atoms with Crippen LogP contribution in [0, 0.1) is 5.41 Å². The molecular formula is C29H28N6O2. The lowest BCUT2D eigenvalue weighted by atomic mass is 9.73. The summed E-state index contributed by atoms with van der Waals surface area (Å²) in [6.45, 7) is 1.62.